The van der Waals surface area contributed by atoms with Gasteiger partial charge in [-0.1, -0.05) is 17.7 Å². The number of hydrogen-bond donors (Lipinski definition) is 2. The van der Waals surface area contributed by atoms with Crippen LogP contribution in [0.15, 0.2) is 36.4 Å². The molecule has 3 nitrogen and oxygen atoms in total. The predicted octanol–water partition coefficient (Wildman–Crippen LogP) is 3.91. The van der Waals surface area contributed by atoms with Gasteiger partial charge >= 0.3 is 0 Å². The summed E-state index contributed by atoms with van der Waals surface area (Å²) in [7, 11) is 0. The van der Waals surface area contributed by atoms with Gasteiger partial charge in [0, 0.05) is 5.56 Å². The van der Waals surface area contributed by atoms with Crippen molar-refractivity contribution in [1.82, 2.24) is 0 Å². The Morgan fingerprint density at radius 1 is 1.16 bits per heavy atom. The molecule has 0 aliphatic heterocycles. The van der Waals surface area contributed by atoms with Gasteiger partial charge in [0.1, 0.15) is 5.75 Å². The van der Waals surface area contributed by atoms with Crippen molar-refractivity contribution in [2.24, 2.45) is 0 Å². The van der Waals surface area contributed by atoms with Crippen LogP contribution in [-0.4, -0.2) is 11.0 Å². The number of carbonyl (C=O) groups excluding carboxylic acids is 1. The summed E-state index contributed by atoms with van der Waals surface area (Å²) in [6.45, 7) is 3.67. The highest BCUT2D eigenvalue weighted by Gasteiger charge is 2.10. The van der Waals surface area contributed by atoms with Gasteiger partial charge in [-0.05, 0) is 55.3 Å². The summed E-state index contributed by atoms with van der Waals surface area (Å²) < 4.78 is 0. The topological polar surface area (TPSA) is 49.3 Å². The molecular formula is C15H14ClNO2. The molecule has 19 heavy (non-hydrogen) atoms. The number of aryl methyl sites for hydroxylation is 2. The van der Waals surface area contributed by atoms with Gasteiger partial charge in [0.15, 0.2) is 0 Å². The van der Waals surface area contributed by atoms with E-state index in [2.05, 4.69) is 5.32 Å². The molecular weight excluding hydrogens is 262 g/mol. The van der Waals surface area contributed by atoms with Crippen LogP contribution >= 0.6 is 11.6 Å². The molecule has 0 heterocycles. The fraction of sp³-hybridized carbons (Fsp3) is 0.133. The van der Waals surface area contributed by atoms with Crippen LogP contribution in [0.3, 0.4) is 0 Å². The van der Waals surface area contributed by atoms with Crippen molar-refractivity contribution in [1.29, 1.82) is 0 Å². The van der Waals surface area contributed by atoms with E-state index in [9.17, 15) is 9.90 Å². The SMILES string of the molecule is Cc1ccc(Cl)c(NC(=O)c2ccc(O)c(C)c2)c1. The van der Waals surface area contributed by atoms with E-state index < -0.39 is 0 Å². The Kier molecular flexibility index (Phi) is 3.76. The zero-order valence-corrected chi connectivity index (χ0v) is 11.5. The third kappa shape index (κ3) is 3.06. The third-order valence-electron chi connectivity index (χ3n) is 2.83. The molecule has 0 saturated carbocycles. The van der Waals surface area contributed by atoms with Crippen molar-refractivity contribution in [2.45, 2.75) is 13.8 Å². The molecule has 0 aliphatic carbocycles. The quantitative estimate of drug-likeness (QED) is 0.873. The molecule has 2 N–H and O–H groups in total. The number of phenols is 1. The maximum atomic E-state index is 12.1. The second-order valence-electron chi connectivity index (χ2n) is 4.44. The normalized spacial score (nSPS) is 10.3. The predicted molar refractivity (Wildman–Crippen MR) is 77.0 cm³/mol. The smallest absolute Gasteiger partial charge is 0.255 e. The van der Waals surface area contributed by atoms with Crippen LogP contribution in [-0.2, 0) is 0 Å². The van der Waals surface area contributed by atoms with E-state index in [4.69, 9.17) is 11.6 Å². The van der Waals surface area contributed by atoms with Gasteiger partial charge in [-0.3, -0.25) is 4.79 Å². The zero-order chi connectivity index (χ0) is 14.0. The van der Waals surface area contributed by atoms with Crippen molar-refractivity contribution in [3.8, 4) is 5.75 Å². The van der Waals surface area contributed by atoms with Gasteiger partial charge < -0.3 is 10.4 Å². The van der Waals surface area contributed by atoms with E-state index in [-0.39, 0.29) is 11.7 Å². The second-order valence-corrected chi connectivity index (χ2v) is 4.85. The third-order valence-corrected chi connectivity index (χ3v) is 3.16. The number of phenolic OH excluding ortho intramolecular Hbond substituents is 1. The largest absolute Gasteiger partial charge is 0.508 e. The first-order valence-corrected chi connectivity index (χ1v) is 6.22. The number of carbonyl (C=O) groups is 1. The molecule has 2 aromatic carbocycles. The Morgan fingerprint density at radius 3 is 2.58 bits per heavy atom. The fourth-order valence-electron chi connectivity index (χ4n) is 1.73. The number of amides is 1. The Bertz CT molecular complexity index is 638. The highest BCUT2D eigenvalue weighted by molar-refractivity contribution is 6.34. The average molecular weight is 276 g/mol. The zero-order valence-electron chi connectivity index (χ0n) is 10.7. The Morgan fingerprint density at radius 2 is 1.89 bits per heavy atom. The lowest BCUT2D eigenvalue weighted by molar-refractivity contribution is 0.102. The minimum atomic E-state index is -0.254. The molecule has 98 valence electrons. The minimum Gasteiger partial charge on any atom is -0.508 e. The summed E-state index contributed by atoms with van der Waals surface area (Å²) in [5, 5.41) is 12.7. The lowest BCUT2D eigenvalue weighted by atomic mass is 10.1. The van der Waals surface area contributed by atoms with Crippen molar-refractivity contribution in [3.63, 3.8) is 0 Å². The van der Waals surface area contributed by atoms with Crippen molar-refractivity contribution < 1.29 is 9.90 Å². The van der Waals surface area contributed by atoms with Crippen LogP contribution in [0.2, 0.25) is 5.02 Å². The van der Waals surface area contributed by atoms with E-state index in [1.54, 1.807) is 25.1 Å². The van der Waals surface area contributed by atoms with Gasteiger partial charge in [0.2, 0.25) is 0 Å². The molecule has 1 amide bonds. The number of nitrogens with one attached hydrogen (secondary N) is 1. The van der Waals surface area contributed by atoms with Crippen LogP contribution in [0.5, 0.6) is 5.75 Å². The minimum absolute atomic E-state index is 0.171. The molecule has 0 spiro atoms. The van der Waals surface area contributed by atoms with Crippen LogP contribution < -0.4 is 5.32 Å². The number of benzene rings is 2. The average Bonchev–Trinajstić information content (AvgIpc) is 2.37. The first-order chi connectivity index (χ1) is 8.97. The Labute approximate surface area is 116 Å². The van der Waals surface area contributed by atoms with E-state index in [0.29, 0.717) is 21.8 Å². The van der Waals surface area contributed by atoms with E-state index in [0.717, 1.165) is 5.56 Å². The molecule has 0 aromatic heterocycles. The van der Waals surface area contributed by atoms with Crippen LogP contribution in [0.1, 0.15) is 21.5 Å². The second kappa shape index (κ2) is 5.33. The lowest BCUT2D eigenvalue weighted by Crippen LogP contribution is -2.12. The summed E-state index contributed by atoms with van der Waals surface area (Å²) in [6, 6.07) is 10.1. The van der Waals surface area contributed by atoms with Crippen LogP contribution in [0, 0.1) is 13.8 Å². The lowest BCUT2D eigenvalue weighted by Gasteiger charge is -2.09. The van der Waals surface area contributed by atoms with Gasteiger partial charge in [0.05, 0.1) is 10.7 Å². The number of aromatic hydroxyl groups is 1. The first kappa shape index (κ1) is 13.4. The number of rotatable bonds is 2. The standard InChI is InChI=1S/C15H14ClNO2/c1-9-3-5-12(16)13(7-9)17-15(19)11-4-6-14(18)10(2)8-11/h3-8,18H,1-2H3,(H,17,19). The molecule has 0 fully saturated rings. The summed E-state index contributed by atoms with van der Waals surface area (Å²) in [5.74, 6) is -0.0827. The van der Waals surface area contributed by atoms with E-state index >= 15 is 0 Å². The summed E-state index contributed by atoms with van der Waals surface area (Å²) in [4.78, 5) is 12.1. The highest BCUT2D eigenvalue weighted by Crippen LogP contribution is 2.24. The first-order valence-electron chi connectivity index (χ1n) is 5.84. The fourth-order valence-corrected chi connectivity index (χ4v) is 1.89. The summed E-state index contributed by atoms with van der Waals surface area (Å²) >= 11 is 6.03. The molecule has 4 heteroatoms. The van der Waals surface area contributed by atoms with Crippen molar-refractivity contribution in [3.05, 3.63) is 58.1 Å². The van der Waals surface area contributed by atoms with Gasteiger partial charge in [-0.15, -0.1) is 0 Å². The van der Waals surface area contributed by atoms with Crippen molar-refractivity contribution in [2.75, 3.05) is 5.32 Å². The van der Waals surface area contributed by atoms with Gasteiger partial charge in [-0.2, -0.15) is 0 Å². The summed E-state index contributed by atoms with van der Waals surface area (Å²) in [6.07, 6.45) is 0. The maximum absolute atomic E-state index is 12.1. The molecule has 0 saturated heterocycles. The van der Waals surface area contributed by atoms with Crippen LogP contribution in [0.25, 0.3) is 0 Å². The van der Waals surface area contributed by atoms with E-state index in [1.165, 1.54) is 6.07 Å². The Balaban J connectivity index is 2.25. The van der Waals surface area contributed by atoms with Crippen molar-refractivity contribution >= 4 is 23.2 Å². The molecule has 2 aromatic rings. The van der Waals surface area contributed by atoms with Gasteiger partial charge in [-0.25, -0.2) is 0 Å². The molecule has 0 atom stereocenters. The number of hydrogen-bond acceptors (Lipinski definition) is 2. The molecule has 0 bridgehead atoms. The highest BCUT2D eigenvalue weighted by atomic mass is 35.5. The summed E-state index contributed by atoms with van der Waals surface area (Å²) in [5.41, 5.74) is 2.73. The van der Waals surface area contributed by atoms with E-state index in [1.807, 2.05) is 19.1 Å². The molecule has 0 aliphatic rings. The van der Waals surface area contributed by atoms with Gasteiger partial charge in [0.25, 0.3) is 5.91 Å². The molecule has 0 radical (unpaired) electrons. The number of halogens is 1. The number of anilines is 1. The van der Waals surface area contributed by atoms with Crippen LogP contribution in [0.4, 0.5) is 5.69 Å². The molecule has 2 rings (SSSR count). The Hall–Kier alpha value is -2.00. The monoisotopic (exact) mass is 275 g/mol. The maximum Gasteiger partial charge on any atom is 0.255 e. The molecule has 0 unspecified atom stereocenters.